The van der Waals surface area contributed by atoms with Crippen molar-refractivity contribution in [3.63, 3.8) is 0 Å². The van der Waals surface area contributed by atoms with E-state index in [1.165, 1.54) is 25.9 Å². The Hall–Kier alpha value is -0.860. The van der Waals surface area contributed by atoms with Gasteiger partial charge in [-0.25, -0.2) is 0 Å². The Morgan fingerprint density at radius 1 is 1.17 bits per heavy atom. The highest BCUT2D eigenvalue weighted by molar-refractivity contribution is 5.40. The van der Waals surface area contributed by atoms with Gasteiger partial charge < -0.3 is 10.0 Å². The topological polar surface area (TPSA) is 23.5 Å². The average Bonchev–Trinajstić information content (AvgIpc) is 2.89. The molecule has 2 heteroatoms. The summed E-state index contributed by atoms with van der Waals surface area (Å²) in [7, 11) is 0. The zero-order chi connectivity index (χ0) is 12.1. The van der Waals surface area contributed by atoms with Gasteiger partial charge in [0.15, 0.2) is 0 Å². The molecule has 0 aromatic heterocycles. The molecule has 1 aromatic carbocycles. The monoisotopic (exact) mass is 243 g/mol. The second kappa shape index (κ2) is 4.07. The second-order valence-electron chi connectivity index (χ2n) is 6.39. The van der Waals surface area contributed by atoms with Crippen LogP contribution in [-0.4, -0.2) is 35.7 Å². The highest BCUT2D eigenvalue weighted by Crippen LogP contribution is 2.41. The Bertz CT molecular complexity index is 458. The summed E-state index contributed by atoms with van der Waals surface area (Å²) < 4.78 is 0. The van der Waals surface area contributed by atoms with E-state index < -0.39 is 0 Å². The Balaban J connectivity index is 1.41. The van der Waals surface area contributed by atoms with Gasteiger partial charge in [0.1, 0.15) is 0 Å². The lowest BCUT2D eigenvalue weighted by Crippen LogP contribution is -2.33. The summed E-state index contributed by atoms with van der Waals surface area (Å²) in [6.07, 6.45) is 3.51. The Kier molecular flexibility index (Phi) is 2.49. The molecule has 1 saturated heterocycles. The van der Waals surface area contributed by atoms with E-state index in [1.807, 2.05) is 0 Å². The van der Waals surface area contributed by atoms with Gasteiger partial charge in [-0.15, -0.1) is 0 Å². The fraction of sp³-hybridized carbons (Fsp3) is 0.625. The highest BCUT2D eigenvalue weighted by atomic mass is 16.3. The molecule has 4 rings (SSSR count). The van der Waals surface area contributed by atoms with E-state index in [4.69, 9.17) is 0 Å². The van der Waals surface area contributed by atoms with Gasteiger partial charge in [0.2, 0.25) is 0 Å². The number of benzene rings is 1. The first-order chi connectivity index (χ1) is 8.81. The van der Waals surface area contributed by atoms with Crippen LogP contribution in [0.3, 0.4) is 0 Å². The maximum Gasteiger partial charge on any atom is 0.0583 e. The third-order valence-electron chi connectivity index (χ3n) is 5.33. The van der Waals surface area contributed by atoms with Gasteiger partial charge in [-0.3, -0.25) is 0 Å². The summed E-state index contributed by atoms with van der Waals surface area (Å²) in [6, 6.07) is 8.85. The molecule has 1 aromatic rings. The fourth-order valence-corrected chi connectivity index (χ4v) is 4.32. The molecule has 2 fully saturated rings. The lowest BCUT2D eigenvalue weighted by atomic mass is 9.77. The lowest BCUT2D eigenvalue weighted by molar-refractivity contribution is 0.123. The molecule has 1 N–H and O–H groups in total. The summed E-state index contributed by atoms with van der Waals surface area (Å²) in [6.45, 7) is 3.56. The molecule has 0 radical (unpaired) electrons. The largest absolute Gasteiger partial charge is 0.393 e. The minimum atomic E-state index is -0.0197. The molecule has 1 saturated carbocycles. The van der Waals surface area contributed by atoms with Crippen molar-refractivity contribution >= 4 is 0 Å². The number of aliphatic hydroxyl groups excluding tert-OH is 1. The van der Waals surface area contributed by atoms with Gasteiger partial charge in [0.25, 0.3) is 0 Å². The van der Waals surface area contributed by atoms with Crippen molar-refractivity contribution < 1.29 is 5.11 Å². The van der Waals surface area contributed by atoms with E-state index in [2.05, 4.69) is 29.2 Å². The van der Waals surface area contributed by atoms with Crippen molar-refractivity contribution in [1.29, 1.82) is 0 Å². The maximum absolute atomic E-state index is 9.95. The van der Waals surface area contributed by atoms with Crippen LogP contribution in [-0.2, 0) is 6.42 Å². The van der Waals surface area contributed by atoms with Crippen molar-refractivity contribution in [3.8, 4) is 0 Å². The van der Waals surface area contributed by atoms with E-state index in [-0.39, 0.29) is 6.10 Å². The van der Waals surface area contributed by atoms with Gasteiger partial charge in [-0.2, -0.15) is 0 Å². The van der Waals surface area contributed by atoms with Gasteiger partial charge in [-0.05, 0) is 36.3 Å². The van der Waals surface area contributed by atoms with Crippen molar-refractivity contribution in [3.05, 3.63) is 35.4 Å². The van der Waals surface area contributed by atoms with Crippen LogP contribution in [0.15, 0.2) is 24.3 Å². The van der Waals surface area contributed by atoms with E-state index in [9.17, 15) is 5.11 Å². The predicted molar refractivity (Wildman–Crippen MR) is 71.5 cm³/mol. The molecule has 3 aliphatic rings. The molecular formula is C16H21NO. The first-order valence-corrected chi connectivity index (χ1v) is 7.29. The van der Waals surface area contributed by atoms with Crippen LogP contribution in [0, 0.1) is 11.8 Å². The first-order valence-electron chi connectivity index (χ1n) is 7.29. The number of aliphatic hydroxyl groups is 1. The summed E-state index contributed by atoms with van der Waals surface area (Å²) in [5, 5.41) is 9.95. The first kappa shape index (κ1) is 11.0. The van der Waals surface area contributed by atoms with Crippen LogP contribution in [0.2, 0.25) is 0 Å². The lowest BCUT2D eigenvalue weighted by Gasteiger charge is -2.33. The minimum absolute atomic E-state index is 0.0197. The van der Waals surface area contributed by atoms with Crippen LogP contribution in [0.1, 0.15) is 29.9 Å². The Labute approximate surface area is 109 Å². The molecule has 2 aliphatic carbocycles. The smallest absolute Gasteiger partial charge is 0.0583 e. The standard InChI is InChI=1S/C16H21NO/c18-16-6-5-12-8-17(10-15(12)16)9-13-7-11-3-1-2-4-14(11)13/h1-4,12-13,15-16,18H,5-10H2. The molecule has 18 heavy (non-hydrogen) atoms. The highest BCUT2D eigenvalue weighted by Gasteiger charge is 2.42. The zero-order valence-electron chi connectivity index (χ0n) is 10.8. The van der Waals surface area contributed by atoms with E-state index in [0.717, 1.165) is 24.8 Å². The van der Waals surface area contributed by atoms with Gasteiger partial charge in [0.05, 0.1) is 6.10 Å². The number of fused-ring (bicyclic) bond motifs is 2. The van der Waals surface area contributed by atoms with Crippen LogP contribution in [0.4, 0.5) is 0 Å². The maximum atomic E-state index is 9.95. The molecule has 0 amide bonds. The van der Waals surface area contributed by atoms with Gasteiger partial charge in [0, 0.05) is 31.5 Å². The van der Waals surface area contributed by atoms with Gasteiger partial charge >= 0.3 is 0 Å². The van der Waals surface area contributed by atoms with E-state index >= 15 is 0 Å². The number of hydrogen-bond acceptors (Lipinski definition) is 2. The summed E-state index contributed by atoms with van der Waals surface area (Å²) >= 11 is 0. The quantitative estimate of drug-likeness (QED) is 0.859. The third-order valence-corrected chi connectivity index (χ3v) is 5.33. The normalized spacial score (nSPS) is 38.3. The van der Waals surface area contributed by atoms with Crippen molar-refractivity contribution in [2.45, 2.75) is 31.3 Å². The molecule has 4 unspecified atom stereocenters. The fourth-order valence-electron chi connectivity index (χ4n) is 4.32. The molecule has 2 nitrogen and oxygen atoms in total. The predicted octanol–water partition coefficient (Wildman–Crippen LogP) is 2.03. The van der Waals surface area contributed by atoms with Crippen molar-refractivity contribution in [1.82, 2.24) is 4.90 Å². The van der Waals surface area contributed by atoms with Crippen LogP contribution in [0.5, 0.6) is 0 Å². The molecule has 1 aliphatic heterocycles. The Morgan fingerprint density at radius 2 is 2.06 bits per heavy atom. The molecule has 4 atom stereocenters. The summed E-state index contributed by atoms with van der Waals surface area (Å²) in [5.74, 6) is 2.09. The second-order valence-corrected chi connectivity index (χ2v) is 6.39. The summed E-state index contributed by atoms with van der Waals surface area (Å²) in [5.41, 5.74) is 3.11. The van der Waals surface area contributed by atoms with Crippen molar-refractivity contribution in [2.24, 2.45) is 11.8 Å². The molecule has 96 valence electrons. The molecule has 1 heterocycles. The third kappa shape index (κ3) is 1.63. The van der Waals surface area contributed by atoms with Crippen LogP contribution in [0.25, 0.3) is 0 Å². The van der Waals surface area contributed by atoms with E-state index in [1.54, 1.807) is 11.1 Å². The van der Waals surface area contributed by atoms with Gasteiger partial charge in [-0.1, -0.05) is 24.3 Å². The summed E-state index contributed by atoms with van der Waals surface area (Å²) in [4.78, 5) is 2.60. The number of likely N-dealkylation sites (tertiary alicyclic amines) is 1. The van der Waals surface area contributed by atoms with Crippen LogP contribution < -0.4 is 0 Å². The molecule has 0 bridgehead atoms. The Morgan fingerprint density at radius 3 is 2.89 bits per heavy atom. The average molecular weight is 243 g/mol. The number of nitrogens with zero attached hydrogens (tertiary/aromatic N) is 1. The molecular weight excluding hydrogens is 222 g/mol. The zero-order valence-corrected chi connectivity index (χ0v) is 10.8. The van der Waals surface area contributed by atoms with Crippen LogP contribution >= 0.6 is 0 Å². The van der Waals surface area contributed by atoms with E-state index in [0.29, 0.717) is 5.92 Å². The number of rotatable bonds is 2. The number of hydrogen-bond donors (Lipinski definition) is 1. The van der Waals surface area contributed by atoms with Crippen molar-refractivity contribution in [2.75, 3.05) is 19.6 Å². The molecule has 0 spiro atoms. The minimum Gasteiger partial charge on any atom is -0.393 e. The SMILES string of the molecule is OC1CCC2CN(CC3Cc4ccccc43)CC12.